The summed E-state index contributed by atoms with van der Waals surface area (Å²) in [4.78, 5) is 16.4. The monoisotopic (exact) mass is 317 g/mol. The number of urea groups is 1. The van der Waals surface area contributed by atoms with E-state index in [0.29, 0.717) is 18.8 Å². The van der Waals surface area contributed by atoms with Crippen molar-refractivity contribution in [1.29, 1.82) is 0 Å². The predicted molar refractivity (Wildman–Crippen MR) is 88.2 cm³/mol. The number of aliphatic hydroxyl groups excluding tert-OH is 1. The first-order valence-electron chi connectivity index (χ1n) is 7.75. The summed E-state index contributed by atoms with van der Waals surface area (Å²) in [5.41, 5.74) is 1.68. The number of hydrogen-bond donors (Lipinski definition) is 3. The third-order valence-corrected chi connectivity index (χ3v) is 3.49. The van der Waals surface area contributed by atoms with Gasteiger partial charge in [0.2, 0.25) is 0 Å². The Kier molecular flexibility index (Phi) is 6.10. The van der Waals surface area contributed by atoms with Crippen molar-refractivity contribution in [2.75, 3.05) is 11.9 Å². The van der Waals surface area contributed by atoms with Gasteiger partial charge in [0.05, 0.1) is 17.9 Å². The Morgan fingerprint density at radius 3 is 2.91 bits per heavy atom. The first-order chi connectivity index (χ1) is 11.1. The SMILES string of the molecule is CCC(CCO)NC(=O)Nc1cc(C)nn1Cc1ccccn1. The lowest BCUT2D eigenvalue weighted by Gasteiger charge is -2.16. The Morgan fingerprint density at radius 2 is 2.26 bits per heavy atom. The number of pyridine rings is 1. The van der Waals surface area contributed by atoms with Gasteiger partial charge in [-0.25, -0.2) is 9.48 Å². The number of carbonyl (C=O) groups excluding carboxylic acids is 1. The van der Waals surface area contributed by atoms with Gasteiger partial charge in [-0.15, -0.1) is 0 Å². The van der Waals surface area contributed by atoms with E-state index in [0.717, 1.165) is 17.8 Å². The molecule has 2 aromatic heterocycles. The Morgan fingerprint density at radius 1 is 1.43 bits per heavy atom. The second-order valence-corrected chi connectivity index (χ2v) is 5.37. The number of nitrogens with zero attached hydrogens (tertiary/aromatic N) is 3. The van der Waals surface area contributed by atoms with Crippen molar-refractivity contribution in [2.45, 2.75) is 39.3 Å². The summed E-state index contributed by atoms with van der Waals surface area (Å²) in [6.07, 6.45) is 3.03. The Bertz CT molecular complexity index is 627. The fraction of sp³-hybridized carbons (Fsp3) is 0.438. The maximum atomic E-state index is 12.1. The first-order valence-corrected chi connectivity index (χ1v) is 7.75. The van der Waals surface area contributed by atoms with Gasteiger partial charge in [0.25, 0.3) is 0 Å². The van der Waals surface area contributed by atoms with E-state index in [1.54, 1.807) is 10.9 Å². The third-order valence-electron chi connectivity index (χ3n) is 3.49. The Labute approximate surface area is 135 Å². The quantitative estimate of drug-likeness (QED) is 0.727. The Balaban J connectivity index is 2.03. The highest BCUT2D eigenvalue weighted by atomic mass is 16.3. The molecular weight excluding hydrogens is 294 g/mol. The fourth-order valence-corrected chi connectivity index (χ4v) is 2.28. The normalized spacial score (nSPS) is 12.0. The lowest BCUT2D eigenvalue weighted by atomic mass is 10.2. The van der Waals surface area contributed by atoms with Crippen LogP contribution >= 0.6 is 0 Å². The highest BCUT2D eigenvalue weighted by molar-refractivity contribution is 5.88. The summed E-state index contributed by atoms with van der Waals surface area (Å²) in [5, 5.41) is 19.0. The molecule has 23 heavy (non-hydrogen) atoms. The number of aryl methyl sites for hydroxylation is 1. The first kappa shape index (κ1) is 17.0. The minimum Gasteiger partial charge on any atom is -0.396 e. The van der Waals surface area contributed by atoms with Crippen LogP contribution in [0.1, 0.15) is 31.2 Å². The molecule has 1 unspecified atom stereocenters. The van der Waals surface area contributed by atoms with Gasteiger partial charge in [0.15, 0.2) is 0 Å². The van der Waals surface area contributed by atoms with Crippen molar-refractivity contribution in [3.8, 4) is 0 Å². The van der Waals surface area contributed by atoms with E-state index in [1.165, 1.54) is 0 Å². The third kappa shape index (κ3) is 5.07. The standard InChI is InChI=1S/C16H23N5O2/c1-3-13(7-9-22)18-16(23)19-15-10-12(2)20-21(15)11-14-6-4-5-8-17-14/h4-6,8,10,13,22H,3,7,9,11H2,1-2H3,(H2,18,19,23). The predicted octanol–water partition coefficient (Wildman–Crippen LogP) is 1.92. The zero-order valence-corrected chi connectivity index (χ0v) is 13.5. The molecule has 0 fully saturated rings. The molecule has 1 atom stereocenters. The second-order valence-electron chi connectivity index (χ2n) is 5.37. The molecule has 7 heteroatoms. The highest BCUT2D eigenvalue weighted by Crippen LogP contribution is 2.12. The number of hydrogen-bond acceptors (Lipinski definition) is 4. The molecule has 0 saturated heterocycles. The average Bonchev–Trinajstić information content (AvgIpc) is 2.87. The Hall–Kier alpha value is -2.41. The van der Waals surface area contributed by atoms with Crippen LogP contribution < -0.4 is 10.6 Å². The molecule has 2 heterocycles. The number of aliphatic hydroxyl groups is 1. The van der Waals surface area contributed by atoms with Gasteiger partial charge in [0, 0.05) is 24.9 Å². The molecule has 0 aliphatic heterocycles. The van der Waals surface area contributed by atoms with Gasteiger partial charge >= 0.3 is 6.03 Å². The molecule has 0 saturated carbocycles. The maximum absolute atomic E-state index is 12.1. The maximum Gasteiger partial charge on any atom is 0.320 e. The second kappa shape index (κ2) is 8.28. The summed E-state index contributed by atoms with van der Waals surface area (Å²) in [5.74, 6) is 0.615. The van der Waals surface area contributed by atoms with Crippen LogP contribution in [0.2, 0.25) is 0 Å². The molecule has 7 nitrogen and oxygen atoms in total. The summed E-state index contributed by atoms with van der Waals surface area (Å²) >= 11 is 0. The largest absolute Gasteiger partial charge is 0.396 e. The zero-order chi connectivity index (χ0) is 16.7. The van der Waals surface area contributed by atoms with Crippen molar-refractivity contribution in [3.63, 3.8) is 0 Å². The minimum atomic E-state index is -0.299. The van der Waals surface area contributed by atoms with Gasteiger partial charge in [-0.1, -0.05) is 13.0 Å². The van der Waals surface area contributed by atoms with Crippen LogP contribution in [-0.4, -0.2) is 38.6 Å². The molecule has 2 rings (SSSR count). The summed E-state index contributed by atoms with van der Waals surface area (Å²) < 4.78 is 1.71. The summed E-state index contributed by atoms with van der Waals surface area (Å²) in [7, 11) is 0. The van der Waals surface area contributed by atoms with Crippen molar-refractivity contribution in [3.05, 3.63) is 41.9 Å². The molecule has 0 radical (unpaired) electrons. The lowest BCUT2D eigenvalue weighted by Crippen LogP contribution is -2.38. The molecule has 2 amide bonds. The highest BCUT2D eigenvalue weighted by Gasteiger charge is 2.13. The molecule has 2 aromatic rings. The van der Waals surface area contributed by atoms with E-state index < -0.39 is 0 Å². The zero-order valence-electron chi connectivity index (χ0n) is 13.5. The van der Waals surface area contributed by atoms with Crippen molar-refractivity contribution in [1.82, 2.24) is 20.1 Å². The van der Waals surface area contributed by atoms with Crippen LogP contribution in [0.15, 0.2) is 30.5 Å². The molecule has 0 spiro atoms. The number of rotatable bonds is 7. The van der Waals surface area contributed by atoms with E-state index in [2.05, 4.69) is 20.7 Å². The van der Waals surface area contributed by atoms with Gasteiger partial charge in [0.1, 0.15) is 5.82 Å². The molecular formula is C16H23N5O2. The molecule has 0 aromatic carbocycles. The summed E-state index contributed by atoms with van der Waals surface area (Å²) in [6, 6.07) is 7.15. The van der Waals surface area contributed by atoms with E-state index in [1.807, 2.05) is 38.1 Å². The van der Waals surface area contributed by atoms with E-state index in [9.17, 15) is 4.79 Å². The van der Waals surface area contributed by atoms with E-state index in [4.69, 9.17) is 5.11 Å². The number of amides is 2. The number of anilines is 1. The smallest absolute Gasteiger partial charge is 0.320 e. The number of nitrogens with one attached hydrogen (secondary N) is 2. The van der Waals surface area contributed by atoms with Crippen molar-refractivity contribution < 1.29 is 9.90 Å². The average molecular weight is 317 g/mol. The molecule has 124 valence electrons. The van der Waals surface area contributed by atoms with E-state index >= 15 is 0 Å². The van der Waals surface area contributed by atoms with Crippen molar-refractivity contribution in [2.24, 2.45) is 0 Å². The topological polar surface area (TPSA) is 92.1 Å². The molecule has 0 bridgehead atoms. The van der Waals surface area contributed by atoms with Gasteiger partial charge in [-0.2, -0.15) is 5.10 Å². The number of aromatic nitrogens is 3. The molecule has 3 N–H and O–H groups in total. The van der Waals surface area contributed by atoms with Gasteiger partial charge < -0.3 is 10.4 Å². The number of carbonyl (C=O) groups is 1. The minimum absolute atomic E-state index is 0.0479. The van der Waals surface area contributed by atoms with Crippen LogP contribution in [0.25, 0.3) is 0 Å². The fourth-order valence-electron chi connectivity index (χ4n) is 2.28. The van der Waals surface area contributed by atoms with Crippen LogP contribution in [0.3, 0.4) is 0 Å². The van der Waals surface area contributed by atoms with Crippen molar-refractivity contribution >= 4 is 11.8 Å². The van der Waals surface area contributed by atoms with Crippen LogP contribution in [0, 0.1) is 6.92 Å². The van der Waals surface area contributed by atoms with Crippen LogP contribution in [0.5, 0.6) is 0 Å². The van der Waals surface area contributed by atoms with E-state index in [-0.39, 0.29) is 18.7 Å². The lowest BCUT2D eigenvalue weighted by molar-refractivity contribution is 0.237. The summed E-state index contributed by atoms with van der Waals surface area (Å²) in [6.45, 7) is 4.38. The van der Waals surface area contributed by atoms with Gasteiger partial charge in [-0.3, -0.25) is 10.3 Å². The van der Waals surface area contributed by atoms with Crippen LogP contribution in [-0.2, 0) is 6.54 Å². The molecule has 0 aliphatic rings. The van der Waals surface area contributed by atoms with Gasteiger partial charge in [-0.05, 0) is 31.9 Å². The van der Waals surface area contributed by atoms with Crippen LogP contribution in [0.4, 0.5) is 10.6 Å². The molecule has 0 aliphatic carbocycles.